The SMILES string of the molecule is COC(=O)c1cc(OC)c(OC)cc1NC(=O)CN(c1ccc(Cl)cc1)S(=O)(=O)c1ccc(C)cc1. The predicted octanol–water partition coefficient (Wildman–Crippen LogP) is 4.29. The van der Waals surface area contributed by atoms with Crippen molar-refractivity contribution in [2.45, 2.75) is 11.8 Å². The zero-order valence-corrected chi connectivity index (χ0v) is 21.6. The van der Waals surface area contributed by atoms with Gasteiger partial charge in [0.15, 0.2) is 11.5 Å². The van der Waals surface area contributed by atoms with Crippen molar-refractivity contribution in [1.82, 2.24) is 0 Å². The Morgan fingerprint density at radius 3 is 2.06 bits per heavy atom. The van der Waals surface area contributed by atoms with Crippen LogP contribution in [0.25, 0.3) is 0 Å². The number of anilines is 2. The van der Waals surface area contributed by atoms with Gasteiger partial charge in [-0.05, 0) is 43.3 Å². The second kappa shape index (κ2) is 11.3. The Balaban J connectivity index is 2.01. The molecule has 9 nitrogen and oxygen atoms in total. The van der Waals surface area contributed by atoms with Gasteiger partial charge >= 0.3 is 5.97 Å². The van der Waals surface area contributed by atoms with Crippen molar-refractivity contribution in [1.29, 1.82) is 0 Å². The van der Waals surface area contributed by atoms with E-state index in [-0.39, 0.29) is 33.3 Å². The first-order chi connectivity index (χ1) is 17.1. The number of amides is 1. The van der Waals surface area contributed by atoms with Crippen LogP contribution in [-0.4, -0.2) is 48.2 Å². The highest BCUT2D eigenvalue weighted by atomic mass is 35.5. The first-order valence-corrected chi connectivity index (χ1v) is 12.4. The number of rotatable bonds is 9. The molecule has 0 atom stereocenters. The molecule has 0 aromatic heterocycles. The summed E-state index contributed by atoms with van der Waals surface area (Å²) >= 11 is 5.98. The van der Waals surface area contributed by atoms with Crippen LogP contribution < -0.4 is 19.1 Å². The van der Waals surface area contributed by atoms with E-state index in [1.54, 1.807) is 12.1 Å². The van der Waals surface area contributed by atoms with Crippen LogP contribution in [0.5, 0.6) is 11.5 Å². The molecule has 0 fully saturated rings. The minimum absolute atomic E-state index is 0.00272. The Bertz CT molecular complexity index is 1360. The Hall–Kier alpha value is -3.76. The minimum atomic E-state index is -4.13. The van der Waals surface area contributed by atoms with Gasteiger partial charge in [0.1, 0.15) is 6.54 Å². The zero-order valence-electron chi connectivity index (χ0n) is 20.1. The smallest absolute Gasteiger partial charge is 0.340 e. The fourth-order valence-corrected chi connectivity index (χ4v) is 4.89. The van der Waals surface area contributed by atoms with E-state index in [0.717, 1.165) is 9.87 Å². The molecular formula is C25H25ClN2O7S. The number of ether oxygens (including phenoxy) is 3. The molecule has 0 spiro atoms. The van der Waals surface area contributed by atoms with Gasteiger partial charge in [0.05, 0.1) is 43.2 Å². The van der Waals surface area contributed by atoms with E-state index >= 15 is 0 Å². The van der Waals surface area contributed by atoms with Gasteiger partial charge < -0.3 is 19.5 Å². The number of carbonyl (C=O) groups is 2. The van der Waals surface area contributed by atoms with Gasteiger partial charge in [-0.25, -0.2) is 13.2 Å². The number of esters is 1. The predicted molar refractivity (Wildman–Crippen MR) is 137 cm³/mol. The monoisotopic (exact) mass is 532 g/mol. The molecule has 0 unspecified atom stereocenters. The molecule has 0 saturated heterocycles. The van der Waals surface area contributed by atoms with Gasteiger partial charge in [0, 0.05) is 17.2 Å². The number of aryl methyl sites for hydroxylation is 1. The Labute approximate surface area is 214 Å². The number of methoxy groups -OCH3 is 3. The Kier molecular flexibility index (Phi) is 8.44. The number of nitrogens with one attached hydrogen (secondary N) is 1. The van der Waals surface area contributed by atoms with Crippen LogP contribution in [0.4, 0.5) is 11.4 Å². The molecule has 3 aromatic carbocycles. The van der Waals surface area contributed by atoms with E-state index in [1.165, 1.54) is 69.9 Å². The van der Waals surface area contributed by atoms with Crippen molar-refractivity contribution in [3.8, 4) is 11.5 Å². The summed E-state index contributed by atoms with van der Waals surface area (Å²) < 4.78 is 43.3. The molecule has 0 heterocycles. The molecule has 0 aliphatic carbocycles. The van der Waals surface area contributed by atoms with E-state index in [0.29, 0.717) is 5.02 Å². The molecule has 0 aliphatic heterocycles. The lowest BCUT2D eigenvalue weighted by Crippen LogP contribution is -2.38. The topological polar surface area (TPSA) is 111 Å². The molecular weight excluding hydrogens is 508 g/mol. The third kappa shape index (κ3) is 5.89. The highest BCUT2D eigenvalue weighted by Gasteiger charge is 2.28. The van der Waals surface area contributed by atoms with Crippen molar-refractivity contribution < 1.29 is 32.2 Å². The second-order valence-corrected chi connectivity index (χ2v) is 9.89. The average molecular weight is 533 g/mol. The van der Waals surface area contributed by atoms with Crippen LogP contribution in [0, 0.1) is 6.92 Å². The van der Waals surface area contributed by atoms with Crippen LogP contribution in [0.2, 0.25) is 5.02 Å². The quantitative estimate of drug-likeness (QED) is 0.409. The molecule has 1 N–H and O–H groups in total. The molecule has 0 saturated carbocycles. The van der Waals surface area contributed by atoms with Gasteiger partial charge in [-0.3, -0.25) is 9.10 Å². The molecule has 0 bridgehead atoms. The summed E-state index contributed by atoms with van der Waals surface area (Å²) in [7, 11) is -0.137. The van der Waals surface area contributed by atoms with Gasteiger partial charge in [-0.1, -0.05) is 29.3 Å². The van der Waals surface area contributed by atoms with E-state index in [1.807, 2.05) is 6.92 Å². The lowest BCUT2D eigenvalue weighted by Gasteiger charge is -2.24. The minimum Gasteiger partial charge on any atom is -0.493 e. The van der Waals surface area contributed by atoms with Crippen LogP contribution >= 0.6 is 11.6 Å². The number of halogens is 1. The molecule has 3 rings (SSSR count). The molecule has 3 aromatic rings. The second-order valence-electron chi connectivity index (χ2n) is 7.59. The molecule has 190 valence electrons. The summed E-state index contributed by atoms with van der Waals surface area (Å²) in [6.45, 7) is 1.25. The summed E-state index contributed by atoms with van der Waals surface area (Å²) in [5.74, 6) is -0.936. The zero-order chi connectivity index (χ0) is 26.5. The first kappa shape index (κ1) is 26.8. The summed E-state index contributed by atoms with van der Waals surface area (Å²) in [6.07, 6.45) is 0. The summed E-state index contributed by atoms with van der Waals surface area (Å²) in [4.78, 5) is 25.5. The molecule has 0 radical (unpaired) electrons. The molecule has 36 heavy (non-hydrogen) atoms. The highest BCUT2D eigenvalue weighted by molar-refractivity contribution is 7.92. The summed E-state index contributed by atoms with van der Waals surface area (Å²) in [6, 6.07) is 15.1. The van der Waals surface area contributed by atoms with E-state index in [2.05, 4.69) is 5.32 Å². The number of sulfonamides is 1. The van der Waals surface area contributed by atoms with Crippen molar-refractivity contribution in [2.24, 2.45) is 0 Å². The number of nitrogens with zero attached hydrogens (tertiary/aromatic N) is 1. The van der Waals surface area contributed by atoms with Crippen LogP contribution in [0.1, 0.15) is 15.9 Å². The lowest BCUT2D eigenvalue weighted by atomic mass is 10.1. The Morgan fingerprint density at radius 1 is 0.917 bits per heavy atom. The molecule has 11 heteroatoms. The van der Waals surface area contributed by atoms with Crippen molar-refractivity contribution >= 4 is 44.9 Å². The fraction of sp³-hybridized carbons (Fsp3) is 0.200. The average Bonchev–Trinajstić information content (AvgIpc) is 2.87. The fourth-order valence-electron chi connectivity index (χ4n) is 3.34. The van der Waals surface area contributed by atoms with Crippen molar-refractivity contribution in [3.63, 3.8) is 0 Å². The van der Waals surface area contributed by atoms with Crippen LogP contribution in [0.15, 0.2) is 65.6 Å². The van der Waals surface area contributed by atoms with Crippen molar-refractivity contribution in [3.05, 3.63) is 76.8 Å². The van der Waals surface area contributed by atoms with Gasteiger partial charge in [-0.2, -0.15) is 0 Å². The van der Waals surface area contributed by atoms with Gasteiger partial charge in [0.25, 0.3) is 10.0 Å². The maximum absolute atomic E-state index is 13.5. The van der Waals surface area contributed by atoms with Crippen LogP contribution in [-0.2, 0) is 19.6 Å². The Morgan fingerprint density at radius 2 is 1.50 bits per heavy atom. The number of benzene rings is 3. The lowest BCUT2D eigenvalue weighted by molar-refractivity contribution is -0.114. The van der Waals surface area contributed by atoms with E-state index in [4.69, 9.17) is 25.8 Å². The van der Waals surface area contributed by atoms with E-state index in [9.17, 15) is 18.0 Å². The largest absolute Gasteiger partial charge is 0.493 e. The normalized spacial score (nSPS) is 10.9. The third-order valence-electron chi connectivity index (χ3n) is 5.21. The van der Waals surface area contributed by atoms with Gasteiger partial charge in [0.2, 0.25) is 5.91 Å². The third-order valence-corrected chi connectivity index (χ3v) is 7.25. The molecule has 1 amide bonds. The maximum atomic E-state index is 13.5. The number of carbonyl (C=O) groups excluding carboxylic acids is 2. The standard InChI is InChI=1S/C25H25ClN2O7S/c1-16-5-11-19(12-6-16)36(31,32)28(18-9-7-17(26)8-10-18)15-24(29)27-21-14-23(34-3)22(33-2)13-20(21)25(30)35-4/h5-14H,15H2,1-4H3,(H,27,29). The summed E-state index contributed by atoms with van der Waals surface area (Å²) in [5.41, 5.74) is 1.18. The van der Waals surface area contributed by atoms with E-state index < -0.39 is 28.4 Å². The maximum Gasteiger partial charge on any atom is 0.340 e. The number of hydrogen-bond donors (Lipinski definition) is 1. The summed E-state index contributed by atoms with van der Waals surface area (Å²) in [5, 5.41) is 3.00. The first-order valence-electron chi connectivity index (χ1n) is 10.6. The molecule has 0 aliphatic rings. The van der Waals surface area contributed by atoms with Crippen molar-refractivity contribution in [2.75, 3.05) is 37.5 Å². The highest BCUT2D eigenvalue weighted by Crippen LogP contribution is 2.34. The van der Waals surface area contributed by atoms with Gasteiger partial charge in [-0.15, -0.1) is 0 Å². The van der Waals surface area contributed by atoms with Crippen LogP contribution in [0.3, 0.4) is 0 Å². The number of hydrogen-bond acceptors (Lipinski definition) is 7.